The van der Waals surface area contributed by atoms with Crippen LogP contribution >= 0.6 is 0 Å². The van der Waals surface area contributed by atoms with Crippen LogP contribution < -0.4 is 15.2 Å². The van der Waals surface area contributed by atoms with Crippen LogP contribution in [0, 0.1) is 10.1 Å². The van der Waals surface area contributed by atoms with E-state index in [1.165, 1.54) is 0 Å². The van der Waals surface area contributed by atoms with Crippen LogP contribution in [-0.2, 0) is 6.61 Å². The lowest BCUT2D eigenvalue weighted by Crippen LogP contribution is -2.05. The number of rotatable bonds is 5. The number of nitro groups is 1. The summed E-state index contributed by atoms with van der Waals surface area (Å²) in [4.78, 5) is 17.5. The Bertz CT molecular complexity index is 615. The van der Waals surface area contributed by atoms with Crippen molar-refractivity contribution in [1.29, 1.82) is 0 Å². The van der Waals surface area contributed by atoms with Crippen LogP contribution in [0.25, 0.3) is 0 Å². The van der Waals surface area contributed by atoms with Crippen LogP contribution in [0.2, 0.25) is 0 Å². The third kappa shape index (κ3) is 2.91. The van der Waals surface area contributed by atoms with Gasteiger partial charge in [0.15, 0.2) is 0 Å². The average Bonchev–Trinajstić information content (AvgIpc) is 2.45. The Kier molecular flexibility index (Phi) is 3.94. The minimum absolute atomic E-state index is 0.126. The number of nitrogen functional groups attached to an aromatic ring is 1. The van der Waals surface area contributed by atoms with Crippen molar-refractivity contribution < 1.29 is 14.4 Å². The largest absolute Gasteiger partial charge is 0.497 e. The van der Waals surface area contributed by atoms with Crippen molar-refractivity contribution in [3.05, 3.63) is 46.3 Å². The molecule has 0 spiro atoms. The number of hydrogen-bond donors (Lipinski definition) is 1. The highest BCUT2D eigenvalue weighted by molar-refractivity contribution is 5.57. The van der Waals surface area contributed by atoms with Gasteiger partial charge in [-0.15, -0.1) is 0 Å². The highest BCUT2D eigenvalue weighted by Crippen LogP contribution is 2.29. The van der Waals surface area contributed by atoms with Crippen LogP contribution in [0.5, 0.6) is 11.6 Å². The highest BCUT2D eigenvalue weighted by atomic mass is 16.6. The molecule has 0 aliphatic rings. The molecule has 0 atom stereocenters. The minimum Gasteiger partial charge on any atom is -0.497 e. The molecule has 1 aromatic carbocycles. The number of hydrogen-bond acceptors (Lipinski definition) is 7. The van der Waals surface area contributed by atoms with Crippen molar-refractivity contribution in [3.63, 3.8) is 0 Å². The van der Waals surface area contributed by atoms with Crippen LogP contribution in [-0.4, -0.2) is 22.0 Å². The summed E-state index contributed by atoms with van der Waals surface area (Å²) in [5.41, 5.74) is 5.83. The second-order valence-electron chi connectivity index (χ2n) is 3.81. The fourth-order valence-electron chi connectivity index (χ4n) is 1.53. The first-order valence-corrected chi connectivity index (χ1v) is 5.62. The van der Waals surface area contributed by atoms with Gasteiger partial charge < -0.3 is 15.2 Å². The Balaban J connectivity index is 2.14. The maximum atomic E-state index is 10.9. The lowest BCUT2D eigenvalue weighted by Gasteiger charge is -2.07. The number of methoxy groups -OCH3 is 1. The van der Waals surface area contributed by atoms with Crippen molar-refractivity contribution in [2.45, 2.75) is 6.61 Å². The summed E-state index contributed by atoms with van der Waals surface area (Å²) in [6, 6.07) is 7.10. The van der Waals surface area contributed by atoms with E-state index >= 15 is 0 Å². The van der Waals surface area contributed by atoms with Crippen molar-refractivity contribution in [3.8, 4) is 11.6 Å². The van der Waals surface area contributed by atoms with Crippen molar-refractivity contribution in [1.82, 2.24) is 9.97 Å². The molecule has 2 rings (SSSR count). The third-order valence-corrected chi connectivity index (χ3v) is 2.53. The summed E-state index contributed by atoms with van der Waals surface area (Å²) in [6.07, 6.45) is 1.12. The molecule has 0 fully saturated rings. The average molecular weight is 276 g/mol. The fraction of sp³-hybridized carbons (Fsp3) is 0.167. The molecule has 1 aromatic heterocycles. The number of nitrogens with two attached hydrogens (primary N) is 1. The summed E-state index contributed by atoms with van der Waals surface area (Å²) in [7, 11) is 1.57. The molecule has 0 amide bonds. The smallest absolute Gasteiger partial charge is 0.372 e. The topological polar surface area (TPSA) is 113 Å². The Morgan fingerprint density at radius 3 is 2.60 bits per heavy atom. The Morgan fingerprint density at radius 1 is 1.30 bits per heavy atom. The second kappa shape index (κ2) is 5.83. The van der Waals surface area contributed by atoms with Crippen molar-refractivity contribution >= 4 is 11.5 Å². The molecule has 0 saturated heterocycles. The first-order valence-electron chi connectivity index (χ1n) is 5.62. The zero-order valence-corrected chi connectivity index (χ0v) is 10.6. The zero-order chi connectivity index (χ0) is 14.5. The van der Waals surface area contributed by atoms with Crippen LogP contribution in [0.15, 0.2) is 30.6 Å². The van der Waals surface area contributed by atoms with Crippen molar-refractivity contribution in [2.24, 2.45) is 0 Å². The molecule has 8 heteroatoms. The summed E-state index contributed by atoms with van der Waals surface area (Å²) < 4.78 is 10.4. The van der Waals surface area contributed by atoms with E-state index in [4.69, 9.17) is 15.2 Å². The van der Waals surface area contributed by atoms with Gasteiger partial charge in [0, 0.05) is 0 Å². The summed E-state index contributed by atoms with van der Waals surface area (Å²) in [6.45, 7) is 0.126. The molecule has 20 heavy (non-hydrogen) atoms. The van der Waals surface area contributed by atoms with Gasteiger partial charge in [0.05, 0.1) is 12.0 Å². The lowest BCUT2D eigenvalue weighted by molar-refractivity contribution is -0.385. The van der Waals surface area contributed by atoms with Gasteiger partial charge in [0.2, 0.25) is 5.82 Å². The summed E-state index contributed by atoms with van der Waals surface area (Å²) in [5.74, 6) is 0.332. The van der Waals surface area contributed by atoms with E-state index in [-0.39, 0.29) is 18.3 Å². The number of nitrogens with zero attached hydrogens (tertiary/aromatic N) is 3. The number of aromatic nitrogens is 2. The van der Waals surface area contributed by atoms with E-state index in [0.717, 1.165) is 11.9 Å². The van der Waals surface area contributed by atoms with E-state index in [1.54, 1.807) is 31.4 Å². The predicted molar refractivity (Wildman–Crippen MR) is 70.4 cm³/mol. The van der Waals surface area contributed by atoms with Crippen molar-refractivity contribution in [2.75, 3.05) is 12.8 Å². The molecular formula is C12H12N4O4. The van der Waals surface area contributed by atoms with Gasteiger partial charge in [0.25, 0.3) is 5.88 Å². The first-order chi connectivity index (χ1) is 9.61. The molecule has 0 unspecified atom stereocenters. The molecule has 0 saturated carbocycles. The summed E-state index contributed by atoms with van der Waals surface area (Å²) >= 11 is 0. The summed E-state index contributed by atoms with van der Waals surface area (Å²) in [5, 5.41) is 10.9. The zero-order valence-electron chi connectivity index (χ0n) is 10.6. The van der Waals surface area contributed by atoms with E-state index in [9.17, 15) is 10.1 Å². The number of ether oxygens (including phenoxy) is 2. The number of benzene rings is 1. The molecule has 0 radical (unpaired) electrons. The fourth-order valence-corrected chi connectivity index (χ4v) is 1.53. The molecule has 0 aliphatic heterocycles. The lowest BCUT2D eigenvalue weighted by atomic mass is 10.2. The van der Waals surface area contributed by atoms with Crippen LogP contribution in [0.4, 0.5) is 11.5 Å². The van der Waals surface area contributed by atoms with Gasteiger partial charge >= 0.3 is 5.69 Å². The normalized spacial score (nSPS) is 10.1. The molecule has 2 N–H and O–H groups in total. The Morgan fingerprint density at radius 2 is 2.00 bits per heavy atom. The molecule has 2 aromatic rings. The minimum atomic E-state index is -0.668. The van der Waals surface area contributed by atoms with Gasteiger partial charge in [-0.25, -0.2) is 4.98 Å². The van der Waals surface area contributed by atoms with Gasteiger partial charge in [-0.05, 0) is 17.7 Å². The predicted octanol–water partition coefficient (Wildman–Crippen LogP) is 1.55. The van der Waals surface area contributed by atoms with E-state index < -0.39 is 10.6 Å². The van der Waals surface area contributed by atoms with E-state index in [2.05, 4.69) is 9.97 Å². The van der Waals surface area contributed by atoms with E-state index in [1.807, 2.05) is 0 Å². The third-order valence-electron chi connectivity index (χ3n) is 2.53. The monoisotopic (exact) mass is 276 g/mol. The molecular weight excluding hydrogens is 264 g/mol. The van der Waals surface area contributed by atoms with E-state index in [0.29, 0.717) is 5.75 Å². The molecule has 1 heterocycles. The quantitative estimate of drug-likeness (QED) is 0.651. The Labute approximate surface area is 114 Å². The van der Waals surface area contributed by atoms with Crippen LogP contribution in [0.1, 0.15) is 5.56 Å². The van der Waals surface area contributed by atoms with Gasteiger partial charge in [-0.3, -0.25) is 10.1 Å². The molecule has 0 bridgehead atoms. The Hall–Kier alpha value is -2.90. The SMILES string of the molecule is COc1ccc(COc2ncnc(N)c2[N+](=O)[O-])cc1. The van der Waals surface area contributed by atoms with Gasteiger partial charge in [-0.1, -0.05) is 12.1 Å². The molecule has 8 nitrogen and oxygen atoms in total. The first kappa shape index (κ1) is 13.5. The molecule has 104 valence electrons. The van der Waals surface area contributed by atoms with Crippen LogP contribution in [0.3, 0.4) is 0 Å². The maximum Gasteiger partial charge on any atom is 0.372 e. The van der Waals surface area contributed by atoms with Gasteiger partial charge in [0.1, 0.15) is 18.7 Å². The molecule has 0 aliphatic carbocycles. The second-order valence-corrected chi connectivity index (χ2v) is 3.81. The maximum absolute atomic E-state index is 10.9. The highest BCUT2D eigenvalue weighted by Gasteiger charge is 2.22. The van der Waals surface area contributed by atoms with Gasteiger partial charge in [-0.2, -0.15) is 4.98 Å². The number of anilines is 1. The standard InChI is InChI=1S/C12H12N4O4/c1-19-9-4-2-8(3-5-9)6-20-12-10(16(17)18)11(13)14-7-15-12/h2-5,7H,6H2,1H3,(H2,13,14,15).